The van der Waals surface area contributed by atoms with Gasteiger partial charge in [-0.2, -0.15) is 0 Å². The average molecular weight is 193 g/mol. The van der Waals surface area contributed by atoms with E-state index in [-0.39, 0.29) is 5.54 Å². The van der Waals surface area contributed by atoms with Crippen molar-refractivity contribution in [3.8, 4) is 5.75 Å². The van der Waals surface area contributed by atoms with Crippen molar-refractivity contribution in [1.29, 1.82) is 0 Å². The van der Waals surface area contributed by atoms with Gasteiger partial charge < -0.3 is 10.5 Å². The zero-order chi connectivity index (χ0) is 10.6. The monoisotopic (exact) mass is 193 g/mol. The number of hydrogen-bond acceptors (Lipinski definition) is 2. The predicted octanol–water partition coefficient (Wildman–Crippen LogP) is 2.37. The van der Waals surface area contributed by atoms with Crippen LogP contribution in [0.4, 0.5) is 0 Å². The molecule has 1 aromatic rings. The molecule has 1 unspecified atom stereocenters. The summed E-state index contributed by atoms with van der Waals surface area (Å²) in [6, 6.07) is 8.08. The first-order valence-corrected chi connectivity index (χ1v) is 4.99. The second kappa shape index (κ2) is 4.47. The van der Waals surface area contributed by atoms with Crippen LogP contribution in [0, 0.1) is 0 Å². The number of ether oxygens (including phenoxy) is 1. The Bertz CT molecular complexity index is 294. The molecule has 0 saturated heterocycles. The molecule has 0 bridgehead atoms. The maximum atomic E-state index is 6.10. The molecule has 1 rings (SSSR count). The third-order valence-electron chi connectivity index (χ3n) is 2.55. The number of hydrogen-bond donors (Lipinski definition) is 1. The van der Waals surface area contributed by atoms with Gasteiger partial charge in [0, 0.05) is 5.54 Å². The van der Waals surface area contributed by atoms with Crippen LogP contribution in [0.2, 0.25) is 0 Å². The van der Waals surface area contributed by atoms with E-state index in [2.05, 4.69) is 19.9 Å². The molecule has 1 aromatic carbocycles. The molecule has 1 atom stereocenters. The second-order valence-electron chi connectivity index (χ2n) is 4.04. The first-order valence-electron chi connectivity index (χ1n) is 4.99. The molecule has 0 amide bonds. The molecule has 0 saturated carbocycles. The molecular formula is C12H19NO. The van der Waals surface area contributed by atoms with Crippen LogP contribution in [0.5, 0.6) is 5.75 Å². The van der Waals surface area contributed by atoms with Crippen LogP contribution in [-0.2, 0) is 6.42 Å². The van der Waals surface area contributed by atoms with Gasteiger partial charge in [0.15, 0.2) is 0 Å². The van der Waals surface area contributed by atoms with Crippen LogP contribution in [0.3, 0.4) is 0 Å². The van der Waals surface area contributed by atoms with Gasteiger partial charge in [-0.1, -0.05) is 19.1 Å². The zero-order valence-electron chi connectivity index (χ0n) is 9.21. The third kappa shape index (κ3) is 3.04. The predicted molar refractivity (Wildman–Crippen MR) is 59.6 cm³/mol. The Kier molecular flexibility index (Phi) is 3.53. The van der Waals surface area contributed by atoms with E-state index in [0.717, 1.165) is 18.6 Å². The normalized spacial score (nSPS) is 14.9. The van der Waals surface area contributed by atoms with E-state index in [1.807, 2.05) is 18.2 Å². The number of rotatable bonds is 4. The Morgan fingerprint density at radius 2 is 2.14 bits per heavy atom. The van der Waals surface area contributed by atoms with Crippen molar-refractivity contribution in [1.82, 2.24) is 0 Å². The molecule has 0 aliphatic heterocycles. The minimum atomic E-state index is -0.119. The van der Waals surface area contributed by atoms with Gasteiger partial charge in [-0.05, 0) is 37.5 Å². The summed E-state index contributed by atoms with van der Waals surface area (Å²) in [5.41, 5.74) is 7.21. The molecule has 0 fully saturated rings. The van der Waals surface area contributed by atoms with Crippen molar-refractivity contribution in [2.24, 2.45) is 5.73 Å². The molecular weight excluding hydrogens is 174 g/mol. The fourth-order valence-corrected chi connectivity index (χ4v) is 1.37. The maximum Gasteiger partial charge on any atom is 0.119 e. The summed E-state index contributed by atoms with van der Waals surface area (Å²) in [6.45, 7) is 4.19. The molecule has 0 aliphatic rings. The fraction of sp³-hybridized carbons (Fsp3) is 0.500. The minimum Gasteiger partial charge on any atom is -0.497 e. The Morgan fingerprint density at radius 3 is 2.71 bits per heavy atom. The lowest BCUT2D eigenvalue weighted by molar-refractivity contribution is 0.411. The van der Waals surface area contributed by atoms with E-state index in [1.54, 1.807) is 7.11 Å². The SMILES string of the molecule is CCC(C)(N)Cc1cccc(OC)c1. The maximum absolute atomic E-state index is 6.10. The Hall–Kier alpha value is -1.02. The van der Waals surface area contributed by atoms with E-state index >= 15 is 0 Å². The summed E-state index contributed by atoms with van der Waals surface area (Å²) >= 11 is 0. The lowest BCUT2D eigenvalue weighted by Crippen LogP contribution is -2.37. The van der Waals surface area contributed by atoms with E-state index in [1.165, 1.54) is 5.56 Å². The molecule has 2 heteroatoms. The molecule has 78 valence electrons. The molecule has 0 heterocycles. The quantitative estimate of drug-likeness (QED) is 0.796. The zero-order valence-corrected chi connectivity index (χ0v) is 9.21. The van der Waals surface area contributed by atoms with Gasteiger partial charge in [0.1, 0.15) is 5.75 Å². The second-order valence-corrected chi connectivity index (χ2v) is 4.04. The molecule has 0 aliphatic carbocycles. The van der Waals surface area contributed by atoms with Gasteiger partial charge in [0.2, 0.25) is 0 Å². The largest absolute Gasteiger partial charge is 0.497 e. The van der Waals surface area contributed by atoms with Crippen LogP contribution in [-0.4, -0.2) is 12.6 Å². The highest BCUT2D eigenvalue weighted by Crippen LogP contribution is 2.18. The van der Waals surface area contributed by atoms with Crippen molar-refractivity contribution >= 4 is 0 Å². The summed E-state index contributed by atoms with van der Waals surface area (Å²) in [5, 5.41) is 0. The van der Waals surface area contributed by atoms with E-state index in [0.29, 0.717) is 0 Å². The van der Waals surface area contributed by atoms with E-state index in [4.69, 9.17) is 10.5 Å². The standard InChI is InChI=1S/C12H19NO/c1-4-12(2,13)9-10-6-5-7-11(8-10)14-3/h5-8H,4,9,13H2,1-3H3. The number of benzene rings is 1. The molecule has 0 radical (unpaired) electrons. The Labute approximate surface area is 86.1 Å². The first-order chi connectivity index (χ1) is 6.57. The van der Waals surface area contributed by atoms with E-state index in [9.17, 15) is 0 Å². The van der Waals surface area contributed by atoms with E-state index < -0.39 is 0 Å². The molecule has 0 aromatic heterocycles. The van der Waals surface area contributed by atoms with Crippen molar-refractivity contribution in [2.45, 2.75) is 32.2 Å². The highest BCUT2D eigenvalue weighted by atomic mass is 16.5. The Morgan fingerprint density at radius 1 is 1.43 bits per heavy atom. The third-order valence-corrected chi connectivity index (χ3v) is 2.55. The van der Waals surface area contributed by atoms with Gasteiger partial charge >= 0.3 is 0 Å². The molecule has 0 spiro atoms. The minimum absolute atomic E-state index is 0.119. The van der Waals surface area contributed by atoms with Gasteiger partial charge in [-0.25, -0.2) is 0 Å². The first kappa shape index (κ1) is 11.1. The average Bonchev–Trinajstić information content (AvgIpc) is 2.17. The molecule has 2 nitrogen and oxygen atoms in total. The number of nitrogens with two attached hydrogens (primary N) is 1. The van der Waals surface area contributed by atoms with Crippen molar-refractivity contribution in [3.05, 3.63) is 29.8 Å². The van der Waals surface area contributed by atoms with Crippen molar-refractivity contribution < 1.29 is 4.74 Å². The number of methoxy groups -OCH3 is 1. The summed E-state index contributed by atoms with van der Waals surface area (Å²) in [5.74, 6) is 0.898. The van der Waals surface area contributed by atoms with Crippen LogP contribution >= 0.6 is 0 Å². The Balaban J connectivity index is 2.76. The van der Waals surface area contributed by atoms with Gasteiger partial charge in [-0.3, -0.25) is 0 Å². The van der Waals surface area contributed by atoms with Crippen molar-refractivity contribution in [3.63, 3.8) is 0 Å². The highest BCUT2D eigenvalue weighted by Gasteiger charge is 2.16. The van der Waals surface area contributed by atoms with Gasteiger partial charge in [0.25, 0.3) is 0 Å². The van der Waals surface area contributed by atoms with Crippen LogP contribution < -0.4 is 10.5 Å². The summed E-state index contributed by atoms with van der Waals surface area (Å²) in [4.78, 5) is 0. The lowest BCUT2D eigenvalue weighted by atomic mass is 9.91. The van der Waals surface area contributed by atoms with Gasteiger partial charge in [0.05, 0.1) is 7.11 Å². The van der Waals surface area contributed by atoms with Gasteiger partial charge in [-0.15, -0.1) is 0 Å². The molecule has 14 heavy (non-hydrogen) atoms. The summed E-state index contributed by atoms with van der Waals surface area (Å²) in [6.07, 6.45) is 1.87. The summed E-state index contributed by atoms with van der Waals surface area (Å²) in [7, 11) is 1.68. The molecule has 2 N–H and O–H groups in total. The van der Waals surface area contributed by atoms with Crippen LogP contribution in [0.25, 0.3) is 0 Å². The lowest BCUT2D eigenvalue weighted by Gasteiger charge is -2.22. The summed E-state index contributed by atoms with van der Waals surface area (Å²) < 4.78 is 5.16. The highest BCUT2D eigenvalue weighted by molar-refractivity contribution is 5.29. The fourth-order valence-electron chi connectivity index (χ4n) is 1.37. The van der Waals surface area contributed by atoms with Crippen LogP contribution in [0.1, 0.15) is 25.8 Å². The smallest absolute Gasteiger partial charge is 0.119 e. The topological polar surface area (TPSA) is 35.2 Å². The van der Waals surface area contributed by atoms with Crippen LogP contribution in [0.15, 0.2) is 24.3 Å². The van der Waals surface area contributed by atoms with Crippen molar-refractivity contribution in [2.75, 3.05) is 7.11 Å².